The van der Waals surface area contributed by atoms with E-state index in [0.29, 0.717) is 19.3 Å². The number of carbonyl (C=O) groups excluding carboxylic acids is 5. The van der Waals surface area contributed by atoms with Gasteiger partial charge in [-0.3, -0.25) is 23.4 Å². The summed E-state index contributed by atoms with van der Waals surface area (Å²) >= 11 is -2.48. The van der Waals surface area contributed by atoms with Gasteiger partial charge in [-0.2, -0.15) is 0 Å². The van der Waals surface area contributed by atoms with Gasteiger partial charge in [0, 0.05) is 55.4 Å². The maximum atomic E-state index is 14.5. The van der Waals surface area contributed by atoms with Crippen LogP contribution in [0, 0.1) is 17.3 Å². The molecule has 0 aromatic rings. The molecule has 1 aliphatic heterocycles. The number of hydrogen-bond acceptors (Lipinski definition) is 8. The van der Waals surface area contributed by atoms with Crippen molar-refractivity contribution < 1.29 is 56.0 Å². The van der Waals surface area contributed by atoms with Gasteiger partial charge in [-0.05, 0) is 64.3 Å². The molecule has 3 fully saturated rings. The van der Waals surface area contributed by atoms with Crippen LogP contribution in [0.25, 0.3) is 0 Å². The number of likely N-dealkylation sites (N-methyl/N-ethyl adjacent to an activating group) is 1. The van der Waals surface area contributed by atoms with Crippen LogP contribution in [0.15, 0.2) is 0 Å². The van der Waals surface area contributed by atoms with E-state index in [1.165, 1.54) is 11.9 Å². The fourth-order valence-electron chi connectivity index (χ4n) is 6.83. The largest absolute Gasteiger partial charge is 0.760 e. The molecule has 14 nitrogen and oxygen atoms in total. The summed E-state index contributed by atoms with van der Waals surface area (Å²) in [5, 5.41) is 8.54. The maximum absolute atomic E-state index is 14.5. The molecule has 5 amide bonds. The quantitative estimate of drug-likeness (QED) is 0.152. The van der Waals surface area contributed by atoms with Gasteiger partial charge in [-0.1, -0.05) is 59.3 Å². The number of nitrogens with zero attached hydrogens (tertiary/aromatic N) is 2. The maximum Gasteiger partial charge on any atom is 0.315 e. The Morgan fingerprint density at radius 3 is 2.06 bits per heavy atom. The van der Waals surface area contributed by atoms with Crippen LogP contribution in [-0.2, 0) is 53.7 Å². The van der Waals surface area contributed by atoms with E-state index in [0.717, 1.165) is 42.8 Å². The van der Waals surface area contributed by atoms with Crippen molar-refractivity contribution in [3.63, 3.8) is 0 Å². The molecule has 3 rings (SSSR count). The second kappa shape index (κ2) is 18.5. The van der Waals surface area contributed by atoms with E-state index in [1.54, 1.807) is 0 Å². The van der Waals surface area contributed by atoms with E-state index in [-0.39, 0.29) is 49.9 Å². The van der Waals surface area contributed by atoms with Crippen LogP contribution in [-0.4, -0.2) is 104 Å². The first-order valence-corrected chi connectivity index (χ1v) is 18.3. The number of Topliss-reactive ketones (excluding diaryl/α,β-unsaturated/α-hetero) is 1. The number of nitrogens with one attached hydrogen (secondary N) is 3. The smallest absolute Gasteiger partial charge is 0.315 e. The van der Waals surface area contributed by atoms with Gasteiger partial charge in [-0.15, -0.1) is 0 Å². The molecule has 2 aliphatic carbocycles. The predicted octanol–water partition coefficient (Wildman–Crippen LogP) is 1.89. The number of ether oxygens (including phenoxy) is 1. The minimum absolute atomic E-state index is 0. The normalized spacial score (nSPS) is 23.0. The first kappa shape index (κ1) is 43.1. The number of rotatable bonds is 14. The van der Waals surface area contributed by atoms with Gasteiger partial charge >= 0.3 is 6.03 Å². The summed E-state index contributed by atoms with van der Waals surface area (Å²) in [7, 11) is 1.41. The Labute approximate surface area is 305 Å². The molecule has 0 aromatic heterocycles. The van der Waals surface area contributed by atoms with E-state index in [9.17, 15) is 32.7 Å². The fourth-order valence-corrected chi connectivity index (χ4v) is 7.10. The summed E-state index contributed by atoms with van der Waals surface area (Å²) in [6, 6.07) is -4.24. The zero-order valence-electron chi connectivity index (χ0n) is 30.1. The van der Waals surface area contributed by atoms with E-state index in [1.807, 2.05) is 41.5 Å². The van der Waals surface area contributed by atoms with Crippen LogP contribution in [0.4, 0.5) is 4.79 Å². The van der Waals surface area contributed by atoms with Crippen LogP contribution >= 0.6 is 0 Å². The van der Waals surface area contributed by atoms with Crippen LogP contribution in [0.1, 0.15) is 106 Å². The summed E-state index contributed by atoms with van der Waals surface area (Å²) in [6.45, 7) is 11.4. The Morgan fingerprint density at radius 1 is 0.959 bits per heavy atom. The van der Waals surface area contributed by atoms with Gasteiger partial charge in [0.2, 0.25) is 17.6 Å². The molecule has 2 saturated carbocycles. The molecule has 3 aliphatic rings. The molecule has 16 heteroatoms. The third kappa shape index (κ3) is 12.9. The van der Waals surface area contributed by atoms with Gasteiger partial charge in [0.25, 0.3) is 5.91 Å². The van der Waals surface area contributed by atoms with Crippen molar-refractivity contribution in [3.8, 4) is 0 Å². The molecule has 1 radical (unpaired) electrons. The molecule has 2 unspecified atom stereocenters. The molecular weight excluding hydrogens is 691 g/mol. The first-order chi connectivity index (χ1) is 22.3. The van der Waals surface area contributed by atoms with Gasteiger partial charge < -0.3 is 35.9 Å². The van der Waals surface area contributed by atoms with E-state index in [2.05, 4.69) is 16.0 Å². The molecule has 1 heterocycles. The average molecular weight is 749 g/mol. The molecule has 49 heavy (non-hydrogen) atoms. The number of urea groups is 1. The Morgan fingerprint density at radius 2 is 1.57 bits per heavy atom. The van der Waals surface area contributed by atoms with Crippen molar-refractivity contribution in [3.05, 3.63) is 0 Å². The number of hydrogen-bond donors (Lipinski definition) is 4. The Balaban J connectivity index is 0.00000833. The van der Waals surface area contributed by atoms with Crippen molar-refractivity contribution in [1.29, 1.82) is 0 Å². The average Bonchev–Trinajstić information content (AvgIpc) is 3.38. The number of nitrogens with two attached hydrogens (primary N) is 1. The van der Waals surface area contributed by atoms with Crippen LogP contribution in [0.3, 0.4) is 0 Å². The van der Waals surface area contributed by atoms with Gasteiger partial charge in [0.05, 0.1) is 17.7 Å². The summed E-state index contributed by atoms with van der Waals surface area (Å²) in [5.74, 6) is -2.99. The molecular formula is C33H57N6O8SV-. The molecule has 279 valence electrons. The Kier molecular flexibility index (Phi) is 16.2. The number of primary amides is 1. The summed E-state index contributed by atoms with van der Waals surface area (Å²) in [4.78, 5) is 68.1. The standard InChI is InChI=1S/C33H58N6O8S.V/c1-32(2,3)25(19-38(7)48(45)46)36-31(44)37-26(21-14-9-8-10-15-21)30(43)39-18-22(47-33(4,5)6)17-24(39)29(42)35-23(27(40)28(34)41)16-20-12-11-13-20;/h20-26H,8-19H2,1-7H3,(H2,34,41)(H,35,42)(H,45,46)(H2,36,37,44);/p-1/t22-,23?,24+,25-,26+;/m1./s1. The van der Waals surface area contributed by atoms with Crippen LogP contribution in [0.2, 0.25) is 0 Å². The summed E-state index contributed by atoms with van der Waals surface area (Å²) in [6.07, 6.45) is 6.99. The fraction of sp³-hybridized carbons (Fsp3) is 0.848. The predicted molar refractivity (Wildman–Crippen MR) is 180 cm³/mol. The third-order valence-electron chi connectivity index (χ3n) is 9.76. The number of carbonyl (C=O) groups is 5. The first-order valence-electron chi connectivity index (χ1n) is 17.3. The number of likely N-dealkylation sites (tertiary alicyclic amines) is 1. The minimum Gasteiger partial charge on any atom is -0.760 e. The third-order valence-corrected chi connectivity index (χ3v) is 10.4. The molecule has 0 spiro atoms. The van der Waals surface area contributed by atoms with E-state index in [4.69, 9.17) is 10.5 Å². The molecule has 0 bridgehead atoms. The number of ketones is 1. The minimum atomic E-state index is -2.48. The van der Waals surface area contributed by atoms with Crippen molar-refractivity contribution in [2.75, 3.05) is 20.1 Å². The van der Waals surface area contributed by atoms with Gasteiger partial charge in [-0.25, -0.2) is 9.10 Å². The van der Waals surface area contributed by atoms with Crippen molar-refractivity contribution in [1.82, 2.24) is 25.2 Å². The number of amides is 5. The Bertz CT molecular complexity index is 1200. The second-order valence-corrected chi connectivity index (χ2v) is 16.9. The SMILES string of the molecule is CN(C[C@@H](NC(=O)N[C@H](C(=O)N1C[C@H](OC(C)(C)C)C[C@H]1C(=O)NC(CC1CCC1)C(=O)C(N)=O)C1CCCCC1)C(C)(C)C)S(=O)[O-].[V]. The monoisotopic (exact) mass is 748 g/mol. The zero-order valence-corrected chi connectivity index (χ0v) is 32.3. The summed E-state index contributed by atoms with van der Waals surface area (Å²) < 4.78 is 30.4. The van der Waals surface area contributed by atoms with Crippen molar-refractivity contribution in [2.45, 2.75) is 142 Å². The van der Waals surface area contributed by atoms with E-state index < -0.39 is 82.1 Å². The molecule has 1 saturated heterocycles. The van der Waals surface area contributed by atoms with E-state index >= 15 is 0 Å². The van der Waals surface area contributed by atoms with Crippen LogP contribution in [0.5, 0.6) is 0 Å². The zero-order chi connectivity index (χ0) is 36.0. The molecule has 5 N–H and O–H groups in total. The second-order valence-electron chi connectivity index (χ2n) is 15.9. The molecule has 6 atom stereocenters. The van der Waals surface area contributed by atoms with Crippen LogP contribution < -0.4 is 21.7 Å². The topological polar surface area (TPSA) is 203 Å². The van der Waals surface area contributed by atoms with Gasteiger partial charge in [0.1, 0.15) is 12.1 Å². The van der Waals surface area contributed by atoms with Crippen molar-refractivity contribution >= 4 is 40.8 Å². The Hall–Kier alpha value is -2.04. The molecule has 0 aromatic carbocycles. The van der Waals surface area contributed by atoms with Crippen molar-refractivity contribution in [2.24, 2.45) is 23.0 Å². The summed E-state index contributed by atoms with van der Waals surface area (Å²) in [5.41, 5.74) is 4.26. The van der Waals surface area contributed by atoms with Gasteiger partial charge in [0.15, 0.2) is 0 Å².